The molecular weight excluding hydrogens is 490 g/mol. The van der Waals surface area contributed by atoms with Crippen molar-refractivity contribution in [2.75, 3.05) is 19.7 Å². The molecule has 38 heavy (non-hydrogen) atoms. The van der Waals surface area contributed by atoms with Gasteiger partial charge in [0.2, 0.25) is 0 Å². The zero-order valence-corrected chi connectivity index (χ0v) is 21.1. The minimum Gasteiger partial charge on any atom is -0.504 e. The number of phenols is 1. The summed E-state index contributed by atoms with van der Waals surface area (Å²) in [4.78, 5) is 27.8. The number of amides is 2. The van der Waals surface area contributed by atoms with Crippen LogP contribution >= 0.6 is 0 Å². The van der Waals surface area contributed by atoms with Gasteiger partial charge in [0.05, 0.1) is 12.2 Å². The van der Waals surface area contributed by atoms with Gasteiger partial charge in [0.1, 0.15) is 5.82 Å². The maximum atomic E-state index is 15.0. The van der Waals surface area contributed by atoms with E-state index in [1.807, 2.05) is 0 Å². The minimum absolute atomic E-state index is 0.0238. The van der Waals surface area contributed by atoms with Crippen LogP contribution in [0.3, 0.4) is 0 Å². The molecule has 1 heterocycles. The van der Waals surface area contributed by atoms with Crippen LogP contribution in [0.1, 0.15) is 64.2 Å². The van der Waals surface area contributed by atoms with Crippen LogP contribution in [0.15, 0.2) is 66.7 Å². The lowest BCUT2D eigenvalue weighted by molar-refractivity contribution is 0.0667. The second-order valence-electron chi connectivity index (χ2n) is 10.0. The molecule has 6 nitrogen and oxygen atoms in total. The number of nitrogens with one attached hydrogen (secondary N) is 1. The van der Waals surface area contributed by atoms with E-state index in [4.69, 9.17) is 4.74 Å². The second kappa shape index (κ2) is 10.4. The van der Waals surface area contributed by atoms with E-state index in [0.29, 0.717) is 30.8 Å². The summed E-state index contributed by atoms with van der Waals surface area (Å²) >= 11 is 0. The molecule has 0 aromatic heterocycles. The number of carbonyl (C=O) groups is 2. The highest BCUT2D eigenvalue weighted by atomic mass is 19.1. The largest absolute Gasteiger partial charge is 0.504 e. The number of para-hydroxylation sites is 1. The number of nitrogens with zero attached hydrogens (tertiary/aromatic N) is 1. The molecule has 1 aliphatic carbocycles. The van der Waals surface area contributed by atoms with E-state index in [2.05, 4.69) is 5.32 Å². The predicted molar refractivity (Wildman–Crippen MR) is 139 cm³/mol. The van der Waals surface area contributed by atoms with Gasteiger partial charge in [-0.05, 0) is 79.1 Å². The number of phenolic OH excluding ortho intramolecular Hbond substituents is 1. The van der Waals surface area contributed by atoms with Gasteiger partial charge in [0.15, 0.2) is 17.7 Å². The van der Waals surface area contributed by atoms with Gasteiger partial charge in [-0.15, -0.1) is 0 Å². The summed E-state index contributed by atoms with van der Waals surface area (Å²) in [5.41, 5.74) is 1.01. The highest BCUT2D eigenvalue weighted by Gasteiger charge is 2.56. The maximum Gasteiger partial charge on any atom is 0.255 e. The van der Waals surface area contributed by atoms with E-state index in [-0.39, 0.29) is 45.9 Å². The average Bonchev–Trinajstić information content (AvgIpc) is 3.59. The number of benzene rings is 3. The third kappa shape index (κ3) is 5.08. The van der Waals surface area contributed by atoms with Crippen LogP contribution in [0, 0.1) is 11.2 Å². The van der Waals surface area contributed by atoms with Gasteiger partial charge in [-0.2, -0.15) is 0 Å². The summed E-state index contributed by atoms with van der Waals surface area (Å²) in [6, 6.07) is 16.7. The number of aromatic hydroxyl groups is 1. The number of carbonyl (C=O) groups excluding carboxylic acids is 2. The van der Waals surface area contributed by atoms with Crippen LogP contribution in [0.4, 0.5) is 8.78 Å². The molecule has 1 saturated carbocycles. The van der Waals surface area contributed by atoms with E-state index in [1.165, 1.54) is 24.3 Å². The summed E-state index contributed by atoms with van der Waals surface area (Å²) in [6.07, 6.45) is 0.763. The van der Waals surface area contributed by atoms with Crippen molar-refractivity contribution >= 4 is 11.8 Å². The van der Waals surface area contributed by atoms with Crippen molar-refractivity contribution in [3.8, 4) is 11.5 Å². The molecule has 198 valence electrons. The van der Waals surface area contributed by atoms with Crippen molar-refractivity contribution in [2.24, 2.45) is 5.41 Å². The molecule has 0 radical (unpaired) electrons. The third-order valence-corrected chi connectivity index (χ3v) is 7.65. The molecule has 0 bridgehead atoms. The Labute approximate surface area is 220 Å². The average molecular weight is 521 g/mol. The Hall–Kier alpha value is -3.94. The summed E-state index contributed by atoms with van der Waals surface area (Å²) in [7, 11) is 0. The number of ether oxygens (including phenoxy) is 1. The molecule has 8 heteroatoms. The molecule has 2 aliphatic rings. The Morgan fingerprint density at radius 3 is 2.47 bits per heavy atom. The number of hydrogen-bond acceptors (Lipinski definition) is 4. The zero-order valence-electron chi connectivity index (χ0n) is 21.1. The van der Waals surface area contributed by atoms with Crippen LogP contribution in [0.25, 0.3) is 0 Å². The van der Waals surface area contributed by atoms with E-state index < -0.39 is 12.0 Å². The Morgan fingerprint density at radius 1 is 1.08 bits per heavy atom. The van der Waals surface area contributed by atoms with Crippen LogP contribution in [-0.2, 0) is 0 Å². The molecule has 2 fully saturated rings. The normalized spacial score (nSPS) is 18.6. The van der Waals surface area contributed by atoms with E-state index in [1.54, 1.807) is 48.2 Å². The first-order valence-corrected chi connectivity index (χ1v) is 12.9. The molecule has 1 aliphatic heterocycles. The zero-order chi connectivity index (χ0) is 26.9. The smallest absolute Gasteiger partial charge is 0.255 e. The van der Waals surface area contributed by atoms with Crippen LogP contribution in [-0.4, -0.2) is 47.6 Å². The molecule has 1 spiro atoms. The Kier molecular flexibility index (Phi) is 7.06. The SMILES string of the molecule is CCOc1cccc(C(=O)NC2CC23CCN(C(=O)c2cccc(C(F)c4cccc(F)c4)c2)CC3)c1O. The van der Waals surface area contributed by atoms with E-state index >= 15 is 4.39 Å². The first-order chi connectivity index (χ1) is 18.3. The number of alkyl halides is 1. The molecule has 5 rings (SSSR count). The number of piperidine rings is 1. The van der Waals surface area contributed by atoms with Crippen molar-refractivity contribution in [1.82, 2.24) is 10.2 Å². The molecule has 2 N–H and O–H groups in total. The molecular formula is C30H30F2N2O4. The molecule has 2 unspecified atom stereocenters. The van der Waals surface area contributed by atoms with Gasteiger partial charge >= 0.3 is 0 Å². The second-order valence-corrected chi connectivity index (χ2v) is 10.0. The van der Waals surface area contributed by atoms with Crippen LogP contribution in [0.2, 0.25) is 0 Å². The van der Waals surface area contributed by atoms with Gasteiger partial charge < -0.3 is 20.1 Å². The van der Waals surface area contributed by atoms with Crippen molar-refractivity contribution in [3.05, 3.63) is 94.8 Å². The van der Waals surface area contributed by atoms with Crippen LogP contribution in [0.5, 0.6) is 11.5 Å². The summed E-state index contributed by atoms with van der Waals surface area (Å²) < 4.78 is 34.0. The lowest BCUT2D eigenvalue weighted by Crippen LogP contribution is -2.41. The first kappa shape index (κ1) is 25.7. The van der Waals surface area contributed by atoms with Crippen molar-refractivity contribution in [2.45, 2.75) is 38.4 Å². The number of halogens is 2. The van der Waals surface area contributed by atoms with Gasteiger partial charge in [0.25, 0.3) is 11.8 Å². The monoisotopic (exact) mass is 520 g/mol. The topological polar surface area (TPSA) is 78.9 Å². The van der Waals surface area contributed by atoms with Crippen molar-refractivity contribution in [3.63, 3.8) is 0 Å². The number of likely N-dealkylation sites (tertiary alicyclic amines) is 1. The third-order valence-electron chi connectivity index (χ3n) is 7.65. The number of hydrogen-bond donors (Lipinski definition) is 2. The molecule has 3 aromatic rings. The fourth-order valence-corrected chi connectivity index (χ4v) is 5.34. The summed E-state index contributed by atoms with van der Waals surface area (Å²) in [5, 5.41) is 13.4. The number of rotatable bonds is 7. The van der Waals surface area contributed by atoms with Gasteiger partial charge in [-0.3, -0.25) is 9.59 Å². The van der Waals surface area contributed by atoms with Crippen LogP contribution < -0.4 is 10.1 Å². The van der Waals surface area contributed by atoms with Crippen molar-refractivity contribution < 1.29 is 28.2 Å². The highest BCUT2D eigenvalue weighted by molar-refractivity contribution is 5.98. The standard InChI is InChI=1S/C30H30F2N2O4/c1-2-38-24-11-5-10-23(27(24)35)28(36)33-25-18-30(25)12-14-34(15-13-30)29(37)21-8-3-6-19(16-21)26(32)20-7-4-9-22(31)17-20/h3-11,16-17,25-26,35H,2,12-15,18H2,1H3,(H,33,36). The van der Waals surface area contributed by atoms with E-state index in [0.717, 1.165) is 25.3 Å². The summed E-state index contributed by atoms with van der Waals surface area (Å²) in [6.45, 7) is 3.25. The van der Waals surface area contributed by atoms with Crippen molar-refractivity contribution in [1.29, 1.82) is 0 Å². The predicted octanol–water partition coefficient (Wildman–Crippen LogP) is 5.41. The fourth-order valence-electron chi connectivity index (χ4n) is 5.34. The molecule has 2 atom stereocenters. The molecule has 2 amide bonds. The Bertz CT molecular complexity index is 1350. The lowest BCUT2D eigenvalue weighted by Gasteiger charge is -2.33. The first-order valence-electron chi connectivity index (χ1n) is 12.9. The van der Waals surface area contributed by atoms with E-state index in [9.17, 15) is 19.1 Å². The van der Waals surface area contributed by atoms with Gasteiger partial charge in [0, 0.05) is 24.7 Å². The quantitative estimate of drug-likeness (QED) is 0.437. The minimum atomic E-state index is -1.53. The fraction of sp³-hybridized carbons (Fsp3) is 0.333. The highest BCUT2D eigenvalue weighted by Crippen LogP contribution is 2.54. The van der Waals surface area contributed by atoms with Gasteiger partial charge in [-0.25, -0.2) is 8.78 Å². The Morgan fingerprint density at radius 2 is 1.76 bits per heavy atom. The lowest BCUT2D eigenvalue weighted by atomic mass is 9.92. The summed E-state index contributed by atoms with van der Waals surface area (Å²) in [5.74, 6) is -0.925. The maximum absolute atomic E-state index is 15.0. The Balaban J connectivity index is 1.19. The van der Waals surface area contributed by atoms with Gasteiger partial charge in [-0.1, -0.05) is 30.3 Å². The molecule has 1 saturated heterocycles. The molecule has 3 aromatic carbocycles.